The van der Waals surface area contributed by atoms with Gasteiger partial charge in [0.05, 0.1) is 5.69 Å². The smallest absolute Gasteiger partial charge is 0.293 e. The van der Waals surface area contributed by atoms with Crippen molar-refractivity contribution in [2.45, 2.75) is 17.2 Å². The number of halogens is 3. The molecule has 1 aromatic heterocycles. The molecule has 0 aliphatic heterocycles. The van der Waals surface area contributed by atoms with Crippen LogP contribution in [0.3, 0.4) is 0 Å². The van der Waals surface area contributed by atoms with Gasteiger partial charge in [0.2, 0.25) is 0 Å². The van der Waals surface area contributed by atoms with Crippen molar-refractivity contribution < 1.29 is 17.4 Å². The minimum atomic E-state index is -4.44. The quantitative estimate of drug-likeness (QED) is 0.873. The van der Waals surface area contributed by atoms with Crippen LogP contribution in [0.15, 0.2) is 11.1 Å². The fourth-order valence-corrected chi connectivity index (χ4v) is 1.97. The van der Waals surface area contributed by atoms with Gasteiger partial charge in [-0.2, -0.15) is 18.3 Å². The van der Waals surface area contributed by atoms with Crippen LogP contribution in [-0.2, 0) is 18.0 Å². The Labute approximate surface area is 99.0 Å². The molecule has 0 aromatic carbocycles. The van der Waals surface area contributed by atoms with Gasteiger partial charge in [-0.1, -0.05) is 0 Å². The van der Waals surface area contributed by atoms with Crippen LogP contribution < -0.4 is 5.14 Å². The molecule has 2 N–H and O–H groups in total. The van der Waals surface area contributed by atoms with Gasteiger partial charge in [0.25, 0.3) is 0 Å². The van der Waals surface area contributed by atoms with Crippen molar-refractivity contribution in [1.29, 1.82) is 0 Å². The second kappa shape index (κ2) is 4.75. The van der Waals surface area contributed by atoms with Crippen LogP contribution in [0.25, 0.3) is 0 Å². The van der Waals surface area contributed by atoms with Gasteiger partial charge in [0.1, 0.15) is 17.0 Å². The lowest BCUT2D eigenvalue weighted by Gasteiger charge is -2.26. The van der Waals surface area contributed by atoms with E-state index in [4.69, 9.17) is 5.14 Å². The number of aryl methyl sites for hydroxylation is 1. The van der Waals surface area contributed by atoms with Crippen LogP contribution >= 0.6 is 0 Å². The normalized spacial score (nSPS) is 16.2. The van der Waals surface area contributed by atoms with Crippen molar-refractivity contribution in [3.8, 4) is 0 Å². The molecule has 0 amide bonds. The highest BCUT2D eigenvalue weighted by Gasteiger charge is 2.44. The van der Waals surface area contributed by atoms with E-state index >= 15 is 0 Å². The van der Waals surface area contributed by atoms with Crippen molar-refractivity contribution in [2.24, 2.45) is 12.2 Å². The Kier molecular flexibility index (Phi) is 3.95. The van der Waals surface area contributed by atoms with Crippen molar-refractivity contribution >= 4 is 11.0 Å². The predicted octanol–water partition coefficient (Wildman–Crippen LogP) is 0.566. The summed E-state index contributed by atoms with van der Waals surface area (Å²) in [5, 5.41) is 8.70. The first kappa shape index (κ1) is 14.1. The largest absolute Gasteiger partial charge is 0.409 e. The molecule has 0 bridgehead atoms. The van der Waals surface area contributed by atoms with Crippen LogP contribution in [0, 0.1) is 0 Å². The average Bonchev–Trinajstić information content (AvgIpc) is 2.45. The van der Waals surface area contributed by atoms with Crippen molar-refractivity contribution in [2.75, 3.05) is 14.1 Å². The zero-order valence-electron chi connectivity index (χ0n) is 9.52. The van der Waals surface area contributed by atoms with Gasteiger partial charge in [0.15, 0.2) is 5.03 Å². The molecule has 1 aromatic rings. The van der Waals surface area contributed by atoms with Crippen LogP contribution in [0.5, 0.6) is 0 Å². The molecule has 98 valence electrons. The summed E-state index contributed by atoms with van der Waals surface area (Å²) in [6, 6.07) is -0.703. The van der Waals surface area contributed by atoms with E-state index in [1.54, 1.807) is 0 Å². The number of rotatable bonds is 3. The van der Waals surface area contributed by atoms with Gasteiger partial charge >= 0.3 is 6.18 Å². The molecule has 0 aliphatic rings. The van der Waals surface area contributed by atoms with E-state index in [2.05, 4.69) is 5.10 Å². The number of nitrogens with zero attached hydrogens (tertiary/aromatic N) is 3. The van der Waals surface area contributed by atoms with Crippen molar-refractivity contribution in [1.82, 2.24) is 14.7 Å². The third-order valence-corrected chi connectivity index (χ3v) is 2.82. The second-order valence-corrected chi connectivity index (χ2v) is 4.75. The van der Waals surface area contributed by atoms with E-state index in [1.165, 1.54) is 21.1 Å². The number of alkyl halides is 3. The third kappa shape index (κ3) is 3.05. The Balaban J connectivity index is 3.25. The summed E-state index contributed by atoms with van der Waals surface area (Å²) in [7, 11) is 2.08. The molecule has 0 spiro atoms. The van der Waals surface area contributed by atoms with E-state index in [0.717, 1.165) is 15.6 Å². The maximum absolute atomic E-state index is 12.9. The molecule has 5 nitrogen and oxygen atoms in total. The first-order valence-corrected chi connectivity index (χ1v) is 5.79. The molecule has 1 rings (SSSR count). The number of hydrogen-bond donors (Lipinski definition) is 1. The second-order valence-electron chi connectivity index (χ2n) is 3.74. The summed E-state index contributed by atoms with van der Waals surface area (Å²) in [5.41, 5.74) is -0.101. The molecule has 0 radical (unpaired) electrons. The summed E-state index contributed by atoms with van der Waals surface area (Å²) in [6.07, 6.45) is -4.44. The minimum Gasteiger partial charge on any atom is -0.293 e. The Morgan fingerprint density at radius 1 is 1.53 bits per heavy atom. The lowest BCUT2D eigenvalue weighted by atomic mass is 10.2. The highest BCUT2D eigenvalue weighted by Crippen LogP contribution is 2.36. The summed E-state index contributed by atoms with van der Waals surface area (Å²) in [6.45, 7) is 0. The summed E-state index contributed by atoms with van der Waals surface area (Å²) < 4.78 is 50.6. The first-order chi connectivity index (χ1) is 7.64. The maximum atomic E-state index is 12.9. The van der Waals surface area contributed by atoms with E-state index in [-0.39, 0.29) is 10.7 Å². The SMILES string of the molecule is CN(C)C(c1cc(S(N)=O)nn1C)C(F)(F)F. The van der Waals surface area contributed by atoms with Crippen molar-refractivity contribution in [3.63, 3.8) is 0 Å². The molecule has 17 heavy (non-hydrogen) atoms. The average molecular weight is 270 g/mol. The van der Waals surface area contributed by atoms with E-state index < -0.39 is 23.2 Å². The van der Waals surface area contributed by atoms with Gasteiger partial charge < -0.3 is 0 Å². The molecule has 1 heterocycles. The number of hydrogen-bond acceptors (Lipinski definition) is 3. The van der Waals surface area contributed by atoms with Crippen LogP contribution in [0.2, 0.25) is 0 Å². The first-order valence-electron chi connectivity index (χ1n) is 4.58. The fourth-order valence-electron chi connectivity index (χ4n) is 1.53. The highest BCUT2D eigenvalue weighted by molar-refractivity contribution is 7.82. The standard InChI is InChI=1S/C8H13F3N4OS/c1-14(2)7(8(9,10)11)5-4-6(17(12)16)13-15(5)3/h4,7H,12H2,1-3H3. The monoisotopic (exact) mass is 270 g/mol. The fraction of sp³-hybridized carbons (Fsp3) is 0.625. The van der Waals surface area contributed by atoms with Crippen LogP contribution in [0.4, 0.5) is 13.2 Å². The number of nitrogens with two attached hydrogens (primary N) is 1. The third-order valence-electron chi connectivity index (χ3n) is 2.21. The lowest BCUT2D eigenvalue weighted by Crippen LogP contribution is -2.34. The number of aromatic nitrogens is 2. The Hall–Kier alpha value is -0.930. The maximum Gasteiger partial charge on any atom is 0.409 e. The van der Waals surface area contributed by atoms with Gasteiger partial charge in [-0.05, 0) is 20.2 Å². The summed E-state index contributed by atoms with van der Waals surface area (Å²) in [4.78, 5) is 1.01. The molecule has 0 saturated heterocycles. The van der Waals surface area contributed by atoms with E-state index in [0.29, 0.717) is 0 Å². The van der Waals surface area contributed by atoms with Crippen LogP contribution in [0.1, 0.15) is 11.7 Å². The van der Waals surface area contributed by atoms with Gasteiger partial charge in [0, 0.05) is 7.05 Å². The zero-order valence-corrected chi connectivity index (χ0v) is 10.3. The molecule has 0 aliphatic carbocycles. The summed E-state index contributed by atoms with van der Waals surface area (Å²) in [5.74, 6) is 0. The molecule has 9 heteroatoms. The van der Waals surface area contributed by atoms with E-state index in [1.807, 2.05) is 0 Å². The van der Waals surface area contributed by atoms with Gasteiger partial charge in [-0.15, -0.1) is 0 Å². The van der Waals surface area contributed by atoms with Gasteiger partial charge in [-0.3, -0.25) is 9.58 Å². The predicted molar refractivity (Wildman–Crippen MR) is 56.3 cm³/mol. The topological polar surface area (TPSA) is 64.2 Å². The molecule has 0 saturated carbocycles. The van der Waals surface area contributed by atoms with Crippen molar-refractivity contribution in [3.05, 3.63) is 11.8 Å². The zero-order chi connectivity index (χ0) is 13.4. The Bertz CT molecular complexity index is 429. The minimum absolute atomic E-state index is 0.0707. The van der Waals surface area contributed by atoms with Crippen LogP contribution in [-0.4, -0.2) is 39.2 Å². The highest BCUT2D eigenvalue weighted by atomic mass is 32.2. The van der Waals surface area contributed by atoms with Gasteiger partial charge in [-0.25, -0.2) is 9.35 Å². The molecule has 2 atom stereocenters. The molecule has 2 unspecified atom stereocenters. The Morgan fingerprint density at radius 3 is 2.35 bits per heavy atom. The summed E-state index contributed by atoms with van der Waals surface area (Å²) >= 11 is 0. The Morgan fingerprint density at radius 2 is 2.06 bits per heavy atom. The molecular weight excluding hydrogens is 257 g/mol. The lowest BCUT2D eigenvalue weighted by molar-refractivity contribution is -0.181. The molecular formula is C8H13F3N4OS. The molecule has 0 fully saturated rings. The van der Waals surface area contributed by atoms with E-state index in [9.17, 15) is 17.4 Å².